The van der Waals surface area contributed by atoms with Crippen molar-refractivity contribution in [2.45, 2.75) is 31.4 Å². The number of carbonyl (C=O) groups excluding carboxylic acids is 1. The molecule has 0 atom stereocenters. The van der Waals surface area contributed by atoms with Crippen molar-refractivity contribution < 1.29 is 24.2 Å². The standard InChI is InChI=1S/C14H15N3O5/c1-7-2-3-11(22-7)9-4-10(17-16-9)12(19)15-14(13(20)21)5-8(18)6-14/h2-4,8,18H,5-6H2,1H3,(H,15,19)(H,16,17)(H,20,21). The van der Waals surface area contributed by atoms with E-state index in [0.29, 0.717) is 11.5 Å². The van der Waals surface area contributed by atoms with Crippen LogP contribution in [0.5, 0.6) is 0 Å². The molecule has 1 amide bonds. The summed E-state index contributed by atoms with van der Waals surface area (Å²) in [6.07, 6.45) is -0.733. The lowest BCUT2D eigenvalue weighted by Gasteiger charge is -2.41. The minimum atomic E-state index is -1.42. The van der Waals surface area contributed by atoms with Gasteiger partial charge in [-0.25, -0.2) is 4.79 Å². The number of hydrogen-bond donors (Lipinski definition) is 4. The Labute approximate surface area is 125 Å². The van der Waals surface area contributed by atoms with E-state index in [0.717, 1.165) is 5.76 Å². The molecule has 0 aliphatic heterocycles. The molecule has 8 nitrogen and oxygen atoms in total. The molecule has 116 valence electrons. The van der Waals surface area contributed by atoms with E-state index < -0.39 is 23.5 Å². The van der Waals surface area contributed by atoms with Crippen LogP contribution in [-0.4, -0.2) is 43.9 Å². The highest BCUT2D eigenvalue weighted by atomic mass is 16.4. The number of nitrogens with one attached hydrogen (secondary N) is 2. The number of hydrogen-bond acceptors (Lipinski definition) is 5. The lowest BCUT2D eigenvalue weighted by atomic mass is 9.74. The van der Waals surface area contributed by atoms with E-state index in [1.165, 1.54) is 6.07 Å². The summed E-state index contributed by atoms with van der Waals surface area (Å²) in [6, 6.07) is 5.01. The largest absolute Gasteiger partial charge is 0.480 e. The van der Waals surface area contributed by atoms with Gasteiger partial charge in [-0.05, 0) is 19.1 Å². The molecule has 2 heterocycles. The number of nitrogens with zero attached hydrogens (tertiary/aromatic N) is 1. The number of carboxylic acid groups (broad SMARTS) is 1. The fourth-order valence-electron chi connectivity index (χ4n) is 2.50. The number of furan rings is 1. The van der Waals surface area contributed by atoms with E-state index >= 15 is 0 Å². The highest BCUT2D eigenvalue weighted by Crippen LogP contribution is 2.33. The molecule has 2 aromatic heterocycles. The van der Waals surface area contributed by atoms with Crippen LogP contribution in [0.1, 0.15) is 29.1 Å². The van der Waals surface area contributed by atoms with Crippen molar-refractivity contribution in [1.82, 2.24) is 15.5 Å². The van der Waals surface area contributed by atoms with Crippen molar-refractivity contribution in [3.63, 3.8) is 0 Å². The Bertz CT molecular complexity index is 726. The van der Waals surface area contributed by atoms with Crippen LogP contribution in [-0.2, 0) is 4.79 Å². The fourth-order valence-corrected chi connectivity index (χ4v) is 2.50. The second kappa shape index (κ2) is 4.99. The number of carbonyl (C=O) groups is 2. The number of aromatic amines is 1. The molecule has 0 aromatic carbocycles. The van der Waals surface area contributed by atoms with Crippen LogP contribution in [0.25, 0.3) is 11.5 Å². The Kier molecular flexibility index (Phi) is 3.25. The molecule has 0 saturated heterocycles. The molecule has 1 fully saturated rings. The Hall–Kier alpha value is -2.61. The zero-order valence-electron chi connectivity index (χ0n) is 11.8. The number of rotatable bonds is 4. The van der Waals surface area contributed by atoms with Crippen LogP contribution in [0.2, 0.25) is 0 Å². The summed E-state index contributed by atoms with van der Waals surface area (Å²) < 4.78 is 5.42. The predicted molar refractivity (Wildman–Crippen MR) is 74.1 cm³/mol. The molecule has 0 bridgehead atoms. The van der Waals surface area contributed by atoms with E-state index in [2.05, 4.69) is 15.5 Å². The average Bonchev–Trinajstić information content (AvgIpc) is 3.04. The number of aliphatic hydroxyl groups is 1. The number of carboxylic acids is 1. The lowest BCUT2D eigenvalue weighted by molar-refractivity contribution is -0.153. The molecule has 0 unspecified atom stereocenters. The van der Waals surface area contributed by atoms with Crippen LogP contribution in [0, 0.1) is 6.92 Å². The van der Waals surface area contributed by atoms with Crippen molar-refractivity contribution in [3.8, 4) is 11.5 Å². The van der Waals surface area contributed by atoms with Crippen molar-refractivity contribution in [1.29, 1.82) is 0 Å². The molecule has 1 saturated carbocycles. The third-order valence-electron chi connectivity index (χ3n) is 3.75. The van der Waals surface area contributed by atoms with E-state index in [1.54, 1.807) is 19.1 Å². The van der Waals surface area contributed by atoms with Crippen LogP contribution < -0.4 is 5.32 Å². The third-order valence-corrected chi connectivity index (χ3v) is 3.75. The normalized spacial score (nSPS) is 23.8. The Morgan fingerprint density at radius 2 is 2.18 bits per heavy atom. The molecule has 0 radical (unpaired) electrons. The maximum absolute atomic E-state index is 12.1. The first-order valence-electron chi connectivity index (χ1n) is 6.76. The van der Waals surface area contributed by atoms with Gasteiger partial charge in [-0.15, -0.1) is 0 Å². The van der Waals surface area contributed by atoms with Crippen LogP contribution >= 0.6 is 0 Å². The molecule has 3 rings (SSSR count). The molecule has 2 aromatic rings. The maximum atomic E-state index is 12.1. The first-order chi connectivity index (χ1) is 10.4. The minimum absolute atomic E-state index is 0.0112. The average molecular weight is 305 g/mol. The van der Waals surface area contributed by atoms with Gasteiger partial charge in [-0.2, -0.15) is 5.10 Å². The van der Waals surface area contributed by atoms with E-state index in [9.17, 15) is 19.8 Å². The quantitative estimate of drug-likeness (QED) is 0.657. The van der Waals surface area contributed by atoms with Gasteiger partial charge in [0.25, 0.3) is 5.91 Å². The van der Waals surface area contributed by atoms with Crippen LogP contribution in [0.15, 0.2) is 22.6 Å². The van der Waals surface area contributed by atoms with Crippen molar-refractivity contribution >= 4 is 11.9 Å². The zero-order valence-corrected chi connectivity index (χ0v) is 11.8. The van der Waals surface area contributed by atoms with Gasteiger partial charge >= 0.3 is 5.97 Å². The fraction of sp³-hybridized carbons (Fsp3) is 0.357. The molecule has 1 aliphatic rings. The van der Waals surface area contributed by atoms with Crippen LogP contribution in [0.3, 0.4) is 0 Å². The van der Waals surface area contributed by atoms with Crippen molar-refractivity contribution in [2.75, 3.05) is 0 Å². The van der Waals surface area contributed by atoms with Crippen molar-refractivity contribution in [3.05, 3.63) is 29.7 Å². The van der Waals surface area contributed by atoms with Gasteiger partial charge in [0, 0.05) is 18.9 Å². The molecule has 22 heavy (non-hydrogen) atoms. The van der Waals surface area contributed by atoms with Gasteiger partial charge in [-0.1, -0.05) is 0 Å². The number of aromatic nitrogens is 2. The van der Waals surface area contributed by atoms with Gasteiger partial charge < -0.3 is 19.9 Å². The molecule has 8 heteroatoms. The summed E-state index contributed by atoms with van der Waals surface area (Å²) in [5.74, 6) is -0.511. The number of aliphatic carboxylic acids is 1. The second-order valence-corrected chi connectivity index (χ2v) is 5.48. The van der Waals surface area contributed by atoms with E-state index in [-0.39, 0.29) is 18.5 Å². The first kappa shape index (κ1) is 14.3. The molecular weight excluding hydrogens is 290 g/mol. The van der Waals surface area contributed by atoms with Gasteiger partial charge in [0.2, 0.25) is 0 Å². The highest BCUT2D eigenvalue weighted by molar-refractivity contribution is 5.97. The lowest BCUT2D eigenvalue weighted by Crippen LogP contribution is -2.64. The first-order valence-corrected chi connectivity index (χ1v) is 6.76. The number of amides is 1. The number of H-pyrrole nitrogens is 1. The van der Waals surface area contributed by atoms with Gasteiger partial charge in [0.15, 0.2) is 11.5 Å². The maximum Gasteiger partial charge on any atom is 0.329 e. The molecule has 4 N–H and O–H groups in total. The highest BCUT2D eigenvalue weighted by Gasteiger charge is 2.51. The van der Waals surface area contributed by atoms with Gasteiger partial charge in [0.1, 0.15) is 17.0 Å². The summed E-state index contributed by atoms with van der Waals surface area (Å²) in [7, 11) is 0. The molecule has 0 spiro atoms. The van der Waals surface area contributed by atoms with Crippen molar-refractivity contribution in [2.24, 2.45) is 0 Å². The number of aliphatic hydroxyl groups excluding tert-OH is 1. The smallest absolute Gasteiger partial charge is 0.329 e. The summed E-state index contributed by atoms with van der Waals surface area (Å²) in [4.78, 5) is 23.4. The van der Waals surface area contributed by atoms with E-state index in [1.807, 2.05) is 0 Å². The predicted octanol–water partition coefficient (Wildman–Crippen LogP) is 0.686. The third kappa shape index (κ3) is 2.37. The summed E-state index contributed by atoms with van der Waals surface area (Å²) in [6.45, 7) is 1.80. The molecule has 1 aliphatic carbocycles. The Morgan fingerprint density at radius 1 is 1.45 bits per heavy atom. The Balaban J connectivity index is 1.76. The van der Waals surface area contributed by atoms with Crippen LogP contribution in [0.4, 0.5) is 0 Å². The van der Waals surface area contributed by atoms with Gasteiger partial charge in [0.05, 0.1) is 6.10 Å². The second-order valence-electron chi connectivity index (χ2n) is 5.48. The monoisotopic (exact) mass is 305 g/mol. The number of aryl methyl sites for hydroxylation is 1. The van der Waals surface area contributed by atoms with E-state index in [4.69, 9.17) is 4.42 Å². The Morgan fingerprint density at radius 3 is 2.73 bits per heavy atom. The SMILES string of the molecule is Cc1ccc(-c2cc(C(=O)NC3(C(=O)O)CC(O)C3)n[nH]2)o1. The topological polar surface area (TPSA) is 128 Å². The molecular formula is C14H15N3O5. The summed E-state index contributed by atoms with van der Waals surface area (Å²) in [5.41, 5.74) is -0.834. The summed E-state index contributed by atoms with van der Waals surface area (Å²) >= 11 is 0. The van der Waals surface area contributed by atoms with Gasteiger partial charge in [-0.3, -0.25) is 9.89 Å². The zero-order chi connectivity index (χ0) is 15.9. The minimum Gasteiger partial charge on any atom is -0.480 e. The summed E-state index contributed by atoms with van der Waals surface area (Å²) in [5, 5.41) is 27.5.